The number of carbonyl (C=O) groups is 3. The molecule has 7 nitrogen and oxygen atoms in total. The number of hydrogen-bond donors (Lipinski definition) is 2. The monoisotopic (exact) mass is 399 g/mol. The number of nitrogens with one attached hydrogen (secondary N) is 2. The molecule has 0 aliphatic heterocycles. The molecule has 3 rings (SSSR count). The topological polar surface area (TPSA) is 108 Å². The highest BCUT2D eigenvalue weighted by Gasteiger charge is 2.15. The molecule has 0 aliphatic rings. The van der Waals surface area contributed by atoms with Crippen molar-refractivity contribution in [1.29, 1.82) is 5.26 Å². The van der Waals surface area contributed by atoms with E-state index in [0.29, 0.717) is 28.1 Å². The van der Waals surface area contributed by atoms with Crippen molar-refractivity contribution in [3.63, 3.8) is 0 Å². The van der Waals surface area contributed by atoms with E-state index in [0.717, 1.165) is 0 Å². The van der Waals surface area contributed by atoms with E-state index in [2.05, 4.69) is 10.6 Å². The minimum absolute atomic E-state index is 0.240. The average molecular weight is 399 g/mol. The molecule has 0 spiro atoms. The summed E-state index contributed by atoms with van der Waals surface area (Å²) < 4.78 is 4.72. The number of methoxy groups -OCH3 is 1. The lowest BCUT2D eigenvalue weighted by atomic mass is 10.1. The van der Waals surface area contributed by atoms with Crippen molar-refractivity contribution in [2.75, 3.05) is 17.7 Å². The summed E-state index contributed by atoms with van der Waals surface area (Å²) in [7, 11) is 1.27. The number of hydrogen-bond acceptors (Lipinski definition) is 5. The van der Waals surface area contributed by atoms with Crippen LogP contribution in [0.3, 0.4) is 0 Å². The molecular weight excluding hydrogens is 382 g/mol. The molecule has 3 aromatic rings. The maximum Gasteiger partial charge on any atom is 0.339 e. The molecule has 0 fully saturated rings. The Morgan fingerprint density at radius 2 is 1.47 bits per heavy atom. The number of amides is 2. The molecule has 0 saturated carbocycles. The molecule has 7 heteroatoms. The molecule has 0 aromatic heterocycles. The third-order valence-corrected chi connectivity index (χ3v) is 4.24. The molecule has 148 valence electrons. The van der Waals surface area contributed by atoms with Crippen molar-refractivity contribution in [1.82, 2.24) is 0 Å². The molecule has 0 bridgehead atoms. The first-order valence-corrected chi connectivity index (χ1v) is 8.92. The Morgan fingerprint density at radius 3 is 2.10 bits per heavy atom. The summed E-state index contributed by atoms with van der Waals surface area (Å²) in [6.45, 7) is 0. The Balaban J connectivity index is 1.71. The highest BCUT2D eigenvalue weighted by atomic mass is 16.5. The van der Waals surface area contributed by atoms with Gasteiger partial charge in [-0.25, -0.2) is 4.79 Å². The SMILES string of the molecule is COC(=O)c1ccccc1NC(=O)c1ccc(C(=O)Nc2cccc(C#N)c2)cc1. The van der Waals surface area contributed by atoms with E-state index in [1.54, 1.807) is 48.5 Å². The third-order valence-electron chi connectivity index (χ3n) is 4.24. The van der Waals surface area contributed by atoms with Crippen molar-refractivity contribution in [3.05, 3.63) is 95.1 Å². The Kier molecular flexibility index (Phi) is 6.20. The average Bonchev–Trinajstić information content (AvgIpc) is 2.79. The van der Waals surface area contributed by atoms with Gasteiger partial charge < -0.3 is 15.4 Å². The molecule has 0 unspecified atom stereocenters. The Hall–Kier alpha value is -4.44. The van der Waals surface area contributed by atoms with Gasteiger partial charge in [0, 0.05) is 16.8 Å². The molecular formula is C23H17N3O4. The van der Waals surface area contributed by atoms with Gasteiger partial charge in [-0.15, -0.1) is 0 Å². The van der Waals surface area contributed by atoms with Crippen LogP contribution in [0.5, 0.6) is 0 Å². The molecule has 3 aromatic carbocycles. The fourth-order valence-electron chi connectivity index (χ4n) is 2.72. The Labute approximate surface area is 172 Å². The molecule has 0 aliphatic carbocycles. The first kappa shape index (κ1) is 20.3. The zero-order valence-corrected chi connectivity index (χ0v) is 16.0. The van der Waals surface area contributed by atoms with Gasteiger partial charge >= 0.3 is 5.97 Å². The van der Waals surface area contributed by atoms with Crippen LogP contribution in [0.4, 0.5) is 11.4 Å². The van der Waals surface area contributed by atoms with E-state index < -0.39 is 11.9 Å². The van der Waals surface area contributed by atoms with Crippen molar-refractivity contribution >= 4 is 29.2 Å². The summed E-state index contributed by atoms with van der Waals surface area (Å²) in [6, 6.07) is 21.1. The van der Waals surface area contributed by atoms with Crippen LogP contribution in [-0.2, 0) is 4.74 Å². The van der Waals surface area contributed by atoms with Crippen LogP contribution in [-0.4, -0.2) is 24.9 Å². The second-order valence-corrected chi connectivity index (χ2v) is 6.22. The number of esters is 1. The maximum atomic E-state index is 12.5. The van der Waals surface area contributed by atoms with Crippen LogP contribution in [0.25, 0.3) is 0 Å². The third kappa shape index (κ3) is 4.69. The standard InChI is InChI=1S/C23H17N3O4/c1-30-23(29)19-7-2-3-8-20(19)26-22(28)17-11-9-16(10-12-17)21(27)25-18-6-4-5-15(13-18)14-24/h2-13H,1H3,(H,25,27)(H,26,28). The summed E-state index contributed by atoms with van der Waals surface area (Å²) in [6.07, 6.45) is 0. The van der Waals surface area contributed by atoms with E-state index in [4.69, 9.17) is 10.00 Å². The van der Waals surface area contributed by atoms with E-state index in [1.165, 1.54) is 31.4 Å². The van der Waals surface area contributed by atoms with Gasteiger partial charge in [-0.05, 0) is 54.6 Å². The van der Waals surface area contributed by atoms with Crippen LogP contribution in [0.15, 0.2) is 72.8 Å². The number of para-hydroxylation sites is 1. The van der Waals surface area contributed by atoms with Crippen molar-refractivity contribution in [2.24, 2.45) is 0 Å². The maximum absolute atomic E-state index is 12.5. The molecule has 2 N–H and O–H groups in total. The number of nitriles is 1. The van der Waals surface area contributed by atoms with E-state index >= 15 is 0 Å². The number of ether oxygens (including phenoxy) is 1. The minimum Gasteiger partial charge on any atom is -0.465 e. The summed E-state index contributed by atoms with van der Waals surface area (Å²) in [5, 5.41) is 14.3. The number of rotatable bonds is 5. The van der Waals surface area contributed by atoms with Gasteiger partial charge in [0.2, 0.25) is 0 Å². The smallest absolute Gasteiger partial charge is 0.339 e. The zero-order valence-electron chi connectivity index (χ0n) is 16.0. The minimum atomic E-state index is -0.557. The predicted octanol–water partition coefficient (Wildman–Crippen LogP) is 3.85. The molecule has 0 radical (unpaired) electrons. The van der Waals surface area contributed by atoms with Crippen molar-refractivity contribution in [2.45, 2.75) is 0 Å². The second-order valence-electron chi connectivity index (χ2n) is 6.22. The fraction of sp³-hybridized carbons (Fsp3) is 0.0435. The molecule has 30 heavy (non-hydrogen) atoms. The van der Waals surface area contributed by atoms with Crippen LogP contribution in [0.2, 0.25) is 0 Å². The predicted molar refractivity (Wildman–Crippen MR) is 111 cm³/mol. The van der Waals surface area contributed by atoms with Gasteiger partial charge in [0.1, 0.15) is 0 Å². The number of carbonyl (C=O) groups excluding carboxylic acids is 3. The van der Waals surface area contributed by atoms with Crippen molar-refractivity contribution in [3.8, 4) is 6.07 Å². The molecule has 0 heterocycles. The first-order valence-electron chi connectivity index (χ1n) is 8.92. The van der Waals surface area contributed by atoms with Gasteiger partial charge in [-0.1, -0.05) is 18.2 Å². The summed E-state index contributed by atoms with van der Waals surface area (Å²) in [5.41, 5.74) is 2.17. The largest absolute Gasteiger partial charge is 0.465 e. The lowest BCUT2D eigenvalue weighted by Gasteiger charge is -2.10. The highest BCUT2D eigenvalue weighted by molar-refractivity contribution is 6.09. The van der Waals surface area contributed by atoms with Crippen LogP contribution < -0.4 is 10.6 Å². The van der Waals surface area contributed by atoms with Gasteiger partial charge in [0.05, 0.1) is 30.0 Å². The normalized spacial score (nSPS) is 9.87. The van der Waals surface area contributed by atoms with Crippen LogP contribution in [0, 0.1) is 11.3 Å². The van der Waals surface area contributed by atoms with Gasteiger partial charge in [-0.3, -0.25) is 9.59 Å². The Morgan fingerprint density at radius 1 is 0.833 bits per heavy atom. The second kappa shape index (κ2) is 9.17. The summed E-state index contributed by atoms with van der Waals surface area (Å²) >= 11 is 0. The van der Waals surface area contributed by atoms with Gasteiger partial charge in [0.25, 0.3) is 11.8 Å². The van der Waals surface area contributed by atoms with E-state index in [9.17, 15) is 14.4 Å². The number of nitrogens with zero attached hydrogens (tertiary/aromatic N) is 1. The van der Waals surface area contributed by atoms with Gasteiger partial charge in [-0.2, -0.15) is 5.26 Å². The number of anilines is 2. The fourth-order valence-corrected chi connectivity index (χ4v) is 2.72. The lowest BCUT2D eigenvalue weighted by molar-refractivity contribution is 0.0601. The van der Waals surface area contributed by atoms with E-state index in [-0.39, 0.29) is 11.5 Å². The van der Waals surface area contributed by atoms with E-state index in [1.807, 2.05) is 6.07 Å². The molecule has 2 amide bonds. The molecule has 0 saturated heterocycles. The van der Waals surface area contributed by atoms with Crippen LogP contribution >= 0.6 is 0 Å². The first-order chi connectivity index (χ1) is 14.5. The quantitative estimate of drug-likeness (QED) is 0.634. The number of benzene rings is 3. The van der Waals surface area contributed by atoms with Crippen molar-refractivity contribution < 1.29 is 19.1 Å². The lowest BCUT2D eigenvalue weighted by Crippen LogP contribution is -2.16. The van der Waals surface area contributed by atoms with Crippen LogP contribution in [0.1, 0.15) is 36.6 Å². The van der Waals surface area contributed by atoms with Gasteiger partial charge in [0.15, 0.2) is 0 Å². The summed E-state index contributed by atoms with van der Waals surface area (Å²) in [4.78, 5) is 36.7. The molecule has 0 atom stereocenters. The summed E-state index contributed by atoms with van der Waals surface area (Å²) in [5.74, 6) is -1.36. The highest BCUT2D eigenvalue weighted by Crippen LogP contribution is 2.18. The zero-order chi connectivity index (χ0) is 21.5. The Bertz CT molecular complexity index is 1150.